The lowest BCUT2D eigenvalue weighted by Gasteiger charge is -2.36. The Bertz CT molecular complexity index is 849. The van der Waals surface area contributed by atoms with Crippen LogP contribution in [0, 0.1) is 0 Å². The van der Waals surface area contributed by atoms with Gasteiger partial charge in [-0.15, -0.1) is 5.10 Å². The minimum absolute atomic E-state index is 0.142. The summed E-state index contributed by atoms with van der Waals surface area (Å²) < 4.78 is 3.53. The van der Waals surface area contributed by atoms with Gasteiger partial charge in [-0.05, 0) is 24.6 Å². The third-order valence-corrected chi connectivity index (χ3v) is 4.67. The molecule has 25 heavy (non-hydrogen) atoms. The minimum Gasteiger partial charge on any atom is -0.352 e. The quantitative estimate of drug-likeness (QED) is 0.715. The third kappa shape index (κ3) is 2.95. The number of rotatable bonds is 4. The molecule has 0 unspecified atom stereocenters. The van der Waals surface area contributed by atoms with Crippen molar-refractivity contribution in [1.82, 2.24) is 29.3 Å². The second-order valence-electron chi connectivity index (χ2n) is 6.14. The van der Waals surface area contributed by atoms with E-state index < -0.39 is 0 Å². The number of hydrogen-bond donors (Lipinski definition) is 0. The SMILES string of the molecule is CC[C@@H](C(=O)N1CCN(c2ccc3nccn3n2)CC1)n1cccn1. The highest BCUT2D eigenvalue weighted by Gasteiger charge is 2.28. The number of carbonyl (C=O) groups is 1. The number of amides is 1. The van der Waals surface area contributed by atoms with Gasteiger partial charge in [0.15, 0.2) is 5.65 Å². The summed E-state index contributed by atoms with van der Waals surface area (Å²) >= 11 is 0. The molecule has 1 aliphatic heterocycles. The lowest BCUT2D eigenvalue weighted by Crippen LogP contribution is -2.51. The highest BCUT2D eigenvalue weighted by molar-refractivity contribution is 5.80. The van der Waals surface area contributed by atoms with Crippen LogP contribution in [0.1, 0.15) is 19.4 Å². The van der Waals surface area contributed by atoms with Crippen LogP contribution in [0.25, 0.3) is 5.65 Å². The maximum atomic E-state index is 12.8. The molecule has 0 aromatic carbocycles. The Labute approximate surface area is 145 Å². The molecule has 0 aliphatic carbocycles. The molecule has 0 bridgehead atoms. The molecule has 4 heterocycles. The van der Waals surface area contributed by atoms with Crippen LogP contribution in [0.15, 0.2) is 43.0 Å². The van der Waals surface area contributed by atoms with Gasteiger partial charge in [0.1, 0.15) is 11.9 Å². The summed E-state index contributed by atoms with van der Waals surface area (Å²) in [6, 6.07) is 5.58. The molecule has 1 fully saturated rings. The molecule has 1 amide bonds. The molecule has 1 aliphatic rings. The van der Waals surface area contributed by atoms with E-state index in [0.29, 0.717) is 13.1 Å². The number of fused-ring (bicyclic) bond motifs is 1. The molecule has 8 nitrogen and oxygen atoms in total. The molecule has 0 N–H and O–H groups in total. The van der Waals surface area contributed by atoms with E-state index in [9.17, 15) is 4.79 Å². The first-order valence-electron chi connectivity index (χ1n) is 8.59. The highest BCUT2D eigenvalue weighted by Crippen LogP contribution is 2.18. The van der Waals surface area contributed by atoms with Crippen molar-refractivity contribution in [2.45, 2.75) is 19.4 Å². The van der Waals surface area contributed by atoms with Gasteiger partial charge in [0.25, 0.3) is 0 Å². The van der Waals surface area contributed by atoms with Crippen molar-refractivity contribution in [1.29, 1.82) is 0 Å². The first kappa shape index (κ1) is 15.6. The topological polar surface area (TPSA) is 71.6 Å². The molecule has 3 aromatic rings. The molecule has 8 heteroatoms. The Hall–Kier alpha value is -2.90. The van der Waals surface area contributed by atoms with Crippen molar-refractivity contribution in [3.05, 3.63) is 43.0 Å². The van der Waals surface area contributed by atoms with Crippen molar-refractivity contribution < 1.29 is 4.79 Å². The average molecular weight is 339 g/mol. The van der Waals surface area contributed by atoms with Crippen molar-refractivity contribution in [3.63, 3.8) is 0 Å². The van der Waals surface area contributed by atoms with Crippen molar-refractivity contribution >= 4 is 17.4 Å². The maximum absolute atomic E-state index is 12.8. The lowest BCUT2D eigenvalue weighted by atomic mass is 10.2. The fourth-order valence-electron chi connectivity index (χ4n) is 3.28. The van der Waals surface area contributed by atoms with Gasteiger partial charge in [0.2, 0.25) is 5.91 Å². The minimum atomic E-state index is -0.220. The zero-order chi connectivity index (χ0) is 17.2. The van der Waals surface area contributed by atoms with Crippen LogP contribution < -0.4 is 4.90 Å². The first-order chi connectivity index (χ1) is 12.3. The predicted octanol–water partition coefficient (Wildman–Crippen LogP) is 1.23. The third-order valence-electron chi connectivity index (χ3n) is 4.67. The highest BCUT2D eigenvalue weighted by atomic mass is 16.2. The first-order valence-corrected chi connectivity index (χ1v) is 8.59. The molecule has 4 rings (SSSR count). The number of piperazine rings is 1. The number of nitrogens with zero attached hydrogens (tertiary/aromatic N) is 7. The summed E-state index contributed by atoms with van der Waals surface area (Å²) in [6.07, 6.45) is 7.88. The second-order valence-corrected chi connectivity index (χ2v) is 6.14. The van der Waals surface area contributed by atoms with Gasteiger partial charge in [-0.25, -0.2) is 9.50 Å². The Morgan fingerprint density at radius 1 is 1.16 bits per heavy atom. The van der Waals surface area contributed by atoms with E-state index in [1.54, 1.807) is 21.6 Å². The van der Waals surface area contributed by atoms with Crippen molar-refractivity contribution in [3.8, 4) is 0 Å². The molecule has 0 saturated carbocycles. The molecule has 1 saturated heterocycles. The summed E-state index contributed by atoms with van der Waals surface area (Å²) in [5.41, 5.74) is 0.836. The van der Waals surface area contributed by atoms with Gasteiger partial charge in [0, 0.05) is 51.0 Å². The normalized spacial score (nSPS) is 16.4. The van der Waals surface area contributed by atoms with Crippen LogP contribution in [0.4, 0.5) is 5.82 Å². The average Bonchev–Trinajstić information content (AvgIpc) is 3.33. The van der Waals surface area contributed by atoms with Crippen LogP contribution in [-0.4, -0.2) is 61.4 Å². The Balaban J connectivity index is 1.43. The Kier molecular flexibility index (Phi) is 4.09. The summed E-state index contributed by atoms with van der Waals surface area (Å²) in [7, 11) is 0. The number of hydrogen-bond acceptors (Lipinski definition) is 5. The second kappa shape index (κ2) is 6.54. The lowest BCUT2D eigenvalue weighted by molar-refractivity contribution is -0.135. The summed E-state index contributed by atoms with van der Waals surface area (Å²) in [4.78, 5) is 21.2. The van der Waals surface area contributed by atoms with Crippen LogP contribution in [0.3, 0.4) is 0 Å². The standard InChI is InChI=1S/C17H21N7O/c1-2-14(23-8-3-6-19-23)17(25)22-12-10-21(11-13-22)16-5-4-15-18-7-9-24(15)20-16/h3-9,14H,2,10-13H2,1H3/t14-/m0/s1. The molecule has 3 aromatic heterocycles. The van der Waals surface area contributed by atoms with Crippen LogP contribution >= 0.6 is 0 Å². The fraction of sp³-hybridized carbons (Fsp3) is 0.412. The van der Waals surface area contributed by atoms with Gasteiger partial charge in [-0.2, -0.15) is 5.10 Å². The summed E-state index contributed by atoms with van der Waals surface area (Å²) in [6.45, 7) is 4.95. The Morgan fingerprint density at radius 2 is 2.00 bits per heavy atom. The van der Waals surface area contributed by atoms with E-state index in [2.05, 4.69) is 20.1 Å². The summed E-state index contributed by atoms with van der Waals surface area (Å²) in [5, 5.41) is 8.81. The summed E-state index contributed by atoms with van der Waals surface area (Å²) in [5.74, 6) is 1.06. The zero-order valence-electron chi connectivity index (χ0n) is 14.2. The van der Waals surface area contributed by atoms with E-state index in [1.807, 2.05) is 42.4 Å². The van der Waals surface area contributed by atoms with E-state index in [1.165, 1.54) is 0 Å². The van der Waals surface area contributed by atoms with Gasteiger partial charge < -0.3 is 9.80 Å². The van der Waals surface area contributed by atoms with E-state index in [-0.39, 0.29) is 11.9 Å². The smallest absolute Gasteiger partial charge is 0.247 e. The zero-order valence-corrected chi connectivity index (χ0v) is 14.2. The molecule has 0 spiro atoms. The molecule has 0 radical (unpaired) electrons. The number of anilines is 1. The molecule has 1 atom stereocenters. The maximum Gasteiger partial charge on any atom is 0.247 e. The molecular formula is C17H21N7O. The van der Waals surface area contributed by atoms with Crippen LogP contribution in [0.2, 0.25) is 0 Å². The molecular weight excluding hydrogens is 318 g/mol. The Morgan fingerprint density at radius 3 is 2.72 bits per heavy atom. The van der Waals surface area contributed by atoms with Gasteiger partial charge in [-0.3, -0.25) is 9.48 Å². The van der Waals surface area contributed by atoms with E-state index in [0.717, 1.165) is 31.0 Å². The van der Waals surface area contributed by atoms with Crippen molar-refractivity contribution in [2.75, 3.05) is 31.1 Å². The molecule has 130 valence electrons. The van der Waals surface area contributed by atoms with E-state index >= 15 is 0 Å². The predicted molar refractivity (Wildman–Crippen MR) is 93.3 cm³/mol. The largest absolute Gasteiger partial charge is 0.352 e. The van der Waals surface area contributed by atoms with Gasteiger partial charge in [-0.1, -0.05) is 6.92 Å². The number of imidazole rings is 1. The van der Waals surface area contributed by atoms with Gasteiger partial charge in [0.05, 0.1) is 0 Å². The van der Waals surface area contributed by atoms with Gasteiger partial charge >= 0.3 is 0 Å². The fourth-order valence-corrected chi connectivity index (χ4v) is 3.28. The van der Waals surface area contributed by atoms with Crippen LogP contribution in [-0.2, 0) is 4.79 Å². The number of aromatic nitrogens is 5. The van der Waals surface area contributed by atoms with Crippen molar-refractivity contribution in [2.24, 2.45) is 0 Å². The monoisotopic (exact) mass is 339 g/mol. The number of carbonyl (C=O) groups excluding carboxylic acids is 1. The van der Waals surface area contributed by atoms with Crippen LogP contribution in [0.5, 0.6) is 0 Å². The van der Waals surface area contributed by atoms with E-state index in [4.69, 9.17) is 0 Å².